The third-order valence-electron chi connectivity index (χ3n) is 3.70. The van der Waals surface area contributed by atoms with E-state index in [1.165, 1.54) is 13.2 Å². The molecule has 0 radical (unpaired) electrons. The van der Waals surface area contributed by atoms with Crippen LogP contribution in [0.25, 0.3) is 0 Å². The van der Waals surface area contributed by atoms with Crippen molar-refractivity contribution in [1.29, 1.82) is 0 Å². The summed E-state index contributed by atoms with van der Waals surface area (Å²) in [6, 6.07) is 10.6. The summed E-state index contributed by atoms with van der Waals surface area (Å²) >= 11 is 0. The average Bonchev–Trinajstić information content (AvgIpc) is 3.13. The Labute approximate surface area is 151 Å². The first-order valence-corrected chi connectivity index (χ1v) is 8.30. The first kappa shape index (κ1) is 19.2. The molecule has 0 aliphatic heterocycles. The standard InChI is InChI=1S/C19H22N2O5/c1-13-6-3-4-8-16(13)19(24)20-10-9-17(22)26-14(2)18(23)21-12-15-7-5-11-25-15/h3-8,11,14H,9-10,12H2,1-2H3,(H,20,24)(H,21,23). The Morgan fingerprint density at radius 3 is 2.58 bits per heavy atom. The molecule has 1 heterocycles. The Morgan fingerprint density at radius 2 is 1.88 bits per heavy atom. The normalized spacial score (nSPS) is 11.5. The molecule has 2 amide bonds. The van der Waals surface area contributed by atoms with Crippen LogP contribution in [0, 0.1) is 6.92 Å². The Balaban J connectivity index is 1.68. The maximum Gasteiger partial charge on any atom is 0.308 e. The minimum atomic E-state index is -0.926. The van der Waals surface area contributed by atoms with Crippen LogP contribution in [0.1, 0.15) is 35.0 Å². The van der Waals surface area contributed by atoms with Gasteiger partial charge in [0.2, 0.25) is 0 Å². The van der Waals surface area contributed by atoms with Crippen molar-refractivity contribution in [3.05, 3.63) is 59.5 Å². The van der Waals surface area contributed by atoms with E-state index in [2.05, 4.69) is 10.6 Å². The molecule has 0 bridgehead atoms. The van der Waals surface area contributed by atoms with Gasteiger partial charge in [0.15, 0.2) is 6.10 Å². The van der Waals surface area contributed by atoms with Gasteiger partial charge < -0.3 is 19.8 Å². The predicted octanol–water partition coefficient (Wildman–Crippen LogP) is 1.96. The lowest BCUT2D eigenvalue weighted by Gasteiger charge is -2.13. The number of hydrogen-bond donors (Lipinski definition) is 2. The number of carbonyl (C=O) groups is 3. The van der Waals surface area contributed by atoms with Crippen LogP contribution in [0.2, 0.25) is 0 Å². The zero-order chi connectivity index (χ0) is 18.9. The smallest absolute Gasteiger partial charge is 0.308 e. The maximum atomic E-state index is 12.0. The zero-order valence-corrected chi connectivity index (χ0v) is 14.8. The number of amides is 2. The van der Waals surface area contributed by atoms with Crippen molar-refractivity contribution in [3.8, 4) is 0 Å². The number of hydrogen-bond acceptors (Lipinski definition) is 5. The Kier molecular flexibility index (Phi) is 6.96. The highest BCUT2D eigenvalue weighted by molar-refractivity contribution is 5.95. The van der Waals surface area contributed by atoms with Crippen LogP contribution in [-0.2, 0) is 20.9 Å². The molecule has 1 aromatic heterocycles. The maximum absolute atomic E-state index is 12.0. The van der Waals surface area contributed by atoms with E-state index in [0.717, 1.165) is 5.56 Å². The molecule has 0 fully saturated rings. The molecule has 2 aromatic rings. The summed E-state index contributed by atoms with van der Waals surface area (Å²) in [5, 5.41) is 5.28. The fourth-order valence-electron chi connectivity index (χ4n) is 2.24. The van der Waals surface area contributed by atoms with Crippen molar-refractivity contribution in [2.24, 2.45) is 0 Å². The van der Waals surface area contributed by atoms with Crippen LogP contribution in [-0.4, -0.2) is 30.4 Å². The van der Waals surface area contributed by atoms with E-state index in [4.69, 9.17) is 9.15 Å². The Bertz CT molecular complexity index is 755. The lowest BCUT2D eigenvalue weighted by Crippen LogP contribution is -2.36. The molecule has 2 rings (SSSR count). The lowest BCUT2D eigenvalue weighted by atomic mass is 10.1. The molecule has 1 aromatic carbocycles. The number of esters is 1. The average molecular weight is 358 g/mol. The second kappa shape index (κ2) is 9.41. The molecule has 26 heavy (non-hydrogen) atoms. The summed E-state index contributed by atoms with van der Waals surface area (Å²) in [4.78, 5) is 35.7. The molecule has 1 atom stereocenters. The number of ether oxygens (including phenoxy) is 1. The summed E-state index contributed by atoms with van der Waals surface area (Å²) in [7, 11) is 0. The van der Waals surface area contributed by atoms with Gasteiger partial charge in [-0.2, -0.15) is 0 Å². The summed E-state index contributed by atoms with van der Waals surface area (Å²) in [6.45, 7) is 3.68. The third-order valence-corrected chi connectivity index (χ3v) is 3.70. The number of nitrogens with one attached hydrogen (secondary N) is 2. The van der Waals surface area contributed by atoms with Crippen molar-refractivity contribution in [1.82, 2.24) is 10.6 Å². The molecule has 0 spiro atoms. The molecule has 138 valence electrons. The van der Waals surface area contributed by atoms with E-state index in [0.29, 0.717) is 11.3 Å². The van der Waals surface area contributed by atoms with Crippen molar-refractivity contribution >= 4 is 17.8 Å². The van der Waals surface area contributed by atoms with Crippen molar-refractivity contribution in [2.45, 2.75) is 32.9 Å². The SMILES string of the molecule is Cc1ccccc1C(=O)NCCC(=O)OC(C)C(=O)NCc1ccco1. The fourth-order valence-corrected chi connectivity index (χ4v) is 2.24. The van der Waals surface area contributed by atoms with Crippen LogP contribution in [0.15, 0.2) is 47.1 Å². The van der Waals surface area contributed by atoms with E-state index < -0.39 is 18.0 Å². The van der Waals surface area contributed by atoms with Crippen molar-refractivity contribution < 1.29 is 23.5 Å². The van der Waals surface area contributed by atoms with Gasteiger partial charge >= 0.3 is 5.97 Å². The summed E-state index contributed by atoms with van der Waals surface area (Å²) in [6.07, 6.45) is 0.563. The highest BCUT2D eigenvalue weighted by Crippen LogP contribution is 2.06. The molecule has 7 heteroatoms. The van der Waals surface area contributed by atoms with Gasteiger partial charge in [-0.25, -0.2) is 0 Å². The molecule has 0 saturated heterocycles. The van der Waals surface area contributed by atoms with Gasteiger partial charge in [0.1, 0.15) is 5.76 Å². The number of furan rings is 1. The van der Waals surface area contributed by atoms with E-state index in [9.17, 15) is 14.4 Å². The van der Waals surface area contributed by atoms with Gasteiger partial charge in [0, 0.05) is 12.1 Å². The van der Waals surface area contributed by atoms with E-state index in [1.807, 2.05) is 19.1 Å². The third kappa shape index (κ3) is 5.77. The molecule has 0 aliphatic rings. The van der Waals surface area contributed by atoms with Crippen LogP contribution >= 0.6 is 0 Å². The van der Waals surface area contributed by atoms with Crippen molar-refractivity contribution in [2.75, 3.05) is 6.54 Å². The highest BCUT2D eigenvalue weighted by atomic mass is 16.5. The van der Waals surface area contributed by atoms with Gasteiger partial charge in [0.25, 0.3) is 11.8 Å². The van der Waals surface area contributed by atoms with Gasteiger partial charge in [-0.05, 0) is 37.6 Å². The molecule has 0 saturated carbocycles. The molecule has 2 N–H and O–H groups in total. The van der Waals surface area contributed by atoms with Crippen LogP contribution in [0.4, 0.5) is 0 Å². The second-order valence-corrected chi connectivity index (χ2v) is 5.75. The first-order valence-electron chi connectivity index (χ1n) is 8.30. The topological polar surface area (TPSA) is 97.6 Å². The van der Waals surface area contributed by atoms with Gasteiger partial charge in [-0.3, -0.25) is 14.4 Å². The minimum absolute atomic E-state index is 0.0204. The molecule has 0 aliphatic carbocycles. The van der Waals surface area contributed by atoms with Crippen LogP contribution in [0.5, 0.6) is 0 Å². The first-order chi connectivity index (χ1) is 12.5. The Hall–Kier alpha value is -3.09. The number of aryl methyl sites for hydroxylation is 1. The zero-order valence-electron chi connectivity index (χ0n) is 14.8. The van der Waals surface area contributed by atoms with Gasteiger partial charge in [-0.15, -0.1) is 0 Å². The summed E-state index contributed by atoms with van der Waals surface area (Å²) < 4.78 is 10.2. The highest BCUT2D eigenvalue weighted by Gasteiger charge is 2.18. The minimum Gasteiger partial charge on any atom is -0.467 e. The van der Waals surface area contributed by atoms with Gasteiger partial charge in [-0.1, -0.05) is 18.2 Å². The molecule has 1 unspecified atom stereocenters. The lowest BCUT2D eigenvalue weighted by molar-refractivity contribution is -0.154. The quantitative estimate of drug-likeness (QED) is 0.703. The van der Waals surface area contributed by atoms with Gasteiger partial charge in [0.05, 0.1) is 19.2 Å². The van der Waals surface area contributed by atoms with E-state index >= 15 is 0 Å². The van der Waals surface area contributed by atoms with Crippen LogP contribution in [0.3, 0.4) is 0 Å². The number of rotatable bonds is 8. The monoisotopic (exact) mass is 358 g/mol. The van der Waals surface area contributed by atoms with Crippen molar-refractivity contribution in [3.63, 3.8) is 0 Å². The fraction of sp³-hybridized carbons (Fsp3) is 0.316. The second-order valence-electron chi connectivity index (χ2n) is 5.75. The number of carbonyl (C=O) groups excluding carboxylic acids is 3. The number of benzene rings is 1. The predicted molar refractivity (Wildman–Crippen MR) is 94.2 cm³/mol. The summed E-state index contributed by atoms with van der Waals surface area (Å²) in [5.74, 6) is -0.620. The van der Waals surface area contributed by atoms with E-state index in [1.54, 1.807) is 24.3 Å². The van der Waals surface area contributed by atoms with Crippen LogP contribution < -0.4 is 10.6 Å². The Morgan fingerprint density at radius 1 is 1.12 bits per heavy atom. The molecular weight excluding hydrogens is 336 g/mol. The molecule has 7 nitrogen and oxygen atoms in total. The van der Waals surface area contributed by atoms with E-state index in [-0.39, 0.29) is 25.4 Å². The largest absolute Gasteiger partial charge is 0.467 e. The summed E-state index contributed by atoms with van der Waals surface area (Å²) in [5.41, 5.74) is 1.42. The molecular formula is C19H22N2O5.